The summed E-state index contributed by atoms with van der Waals surface area (Å²) in [4.78, 5) is 12.4. The molecule has 1 aliphatic heterocycles. The van der Waals surface area contributed by atoms with E-state index in [0.29, 0.717) is 0 Å². The molecule has 4 rings (SSSR count). The molecule has 4 heteroatoms. The first-order valence-corrected chi connectivity index (χ1v) is 8.64. The van der Waals surface area contributed by atoms with Gasteiger partial charge < -0.3 is 14.8 Å². The highest BCUT2D eigenvalue weighted by molar-refractivity contribution is 5.70. The molecule has 2 aromatic carbocycles. The summed E-state index contributed by atoms with van der Waals surface area (Å²) in [6.45, 7) is 0. The Balaban J connectivity index is 1.56. The summed E-state index contributed by atoms with van der Waals surface area (Å²) in [5.74, 6) is 1.55. The molecule has 24 heavy (non-hydrogen) atoms. The molecule has 124 valence electrons. The Morgan fingerprint density at radius 3 is 2.12 bits per heavy atom. The number of carbonyl (C=O) groups excluding carboxylic acids is 1. The number of fused-ring (bicyclic) bond motifs is 2. The van der Waals surface area contributed by atoms with Crippen molar-refractivity contribution in [2.24, 2.45) is 0 Å². The molecule has 0 radical (unpaired) electrons. The third kappa shape index (κ3) is 2.96. The zero-order valence-corrected chi connectivity index (χ0v) is 13.5. The van der Waals surface area contributed by atoms with Gasteiger partial charge in [-0.3, -0.25) is 0 Å². The van der Waals surface area contributed by atoms with Crippen molar-refractivity contribution in [2.45, 2.75) is 44.2 Å². The number of hydrogen-bond donors (Lipinski definition) is 1. The van der Waals surface area contributed by atoms with Gasteiger partial charge in [-0.1, -0.05) is 42.8 Å². The molecule has 1 fully saturated rings. The van der Waals surface area contributed by atoms with Crippen LogP contribution in [0.25, 0.3) is 0 Å². The van der Waals surface area contributed by atoms with Crippen LogP contribution in [0.1, 0.15) is 49.3 Å². The van der Waals surface area contributed by atoms with Gasteiger partial charge in [0.2, 0.25) is 0 Å². The SMILES string of the molecule is O=C(NC1c2ccccc2Oc2ccccc21)OC1CCCCC1. The molecule has 0 unspecified atom stereocenters. The van der Waals surface area contributed by atoms with Crippen molar-refractivity contribution < 1.29 is 14.3 Å². The molecule has 4 nitrogen and oxygen atoms in total. The van der Waals surface area contributed by atoms with Crippen LogP contribution < -0.4 is 10.1 Å². The van der Waals surface area contributed by atoms with E-state index < -0.39 is 0 Å². The topological polar surface area (TPSA) is 47.6 Å². The highest BCUT2D eigenvalue weighted by atomic mass is 16.6. The first kappa shape index (κ1) is 15.1. The summed E-state index contributed by atoms with van der Waals surface area (Å²) < 4.78 is 11.6. The number of nitrogens with one attached hydrogen (secondary N) is 1. The van der Waals surface area contributed by atoms with Crippen molar-refractivity contribution in [1.29, 1.82) is 0 Å². The minimum absolute atomic E-state index is 0.0454. The molecule has 1 heterocycles. The van der Waals surface area contributed by atoms with Crippen LogP contribution in [-0.2, 0) is 4.74 Å². The number of ether oxygens (including phenoxy) is 2. The molecule has 0 bridgehead atoms. The van der Waals surface area contributed by atoms with E-state index in [0.717, 1.165) is 48.3 Å². The van der Waals surface area contributed by atoms with Crippen molar-refractivity contribution in [3.63, 3.8) is 0 Å². The molecule has 1 N–H and O–H groups in total. The fourth-order valence-corrected chi connectivity index (χ4v) is 3.55. The zero-order valence-electron chi connectivity index (χ0n) is 13.5. The van der Waals surface area contributed by atoms with Crippen LogP contribution in [0.3, 0.4) is 0 Å². The average molecular weight is 323 g/mol. The van der Waals surface area contributed by atoms with Crippen molar-refractivity contribution in [3.05, 3.63) is 59.7 Å². The Morgan fingerprint density at radius 2 is 1.50 bits per heavy atom. The van der Waals surface area contributed by atoms with Gasteiger partial charge in [-0.2, -0.15) is 0 Å². The number of hydrogen-bond acceptors (Lipinski definition) is 3. The maximum atomic E-state index is 12.4. The quantitative estimate of drug-likeness (QED) is 0.851. The fraction of sp³-hybridized carbons (Fsp3) is 0.350. The second-order valence-corrected chi connectivity index (χ2v) is 6.42. The number of para-hydroxylation sites is 2. The van der Waals surface area contributed by atoms with E-state index in [-0.39, 0.29) is 18.2 Å². The van der Waals surface area contributed by atoms with Crippen molar-refractivity contribution in [1.82, 2.24) is 5.32 Å². The number of carbonyl (C=O) groups is 1. The van der Waals surface area contributed by atoms with E-state index in [1.165, 1.54) is 6.42 Å². The molecular weight excluding hydrogens is 302 g/mol. The Labute approximate surface area is 141 Å². The van der Waals surface area contributed by atoms with Crippen LogP contribution in [0.15, 0.2) is 48.5 Å². The maximum absolute atomic E-state index is 12.4. The lowest BCUT2D eigenvalue weighted by Crippen LogP contribution is -2.34. The Hall–Kier alpha value is -2.49. The number of amides is 1. The monoisotopic (exact) mass is 323 g/mol. The minimum atomic E-state index is -0.349. The van der Waals surface area contributed by atoms with E-state index in [2.05, 4.69) is 5.32 Å². The van der Waals surface area contributed by atoms with Crippen molar-refractivity contribution in [3.8, 4) is 11.5 Å². The zero-order chi connectivity index (χ0) is 16.4. The van der Waals surface area contributed by atoms with Gasteiger partial charge >= 0.3 is 6.09 Å². The summed E-state index contributed by atoms with van der Waals surface area (Å²) in [6, 6.07) is 15.3. The molecule has 1 amide bonds. The third-order valence-corrected chi connectivity index (χ3v) is 4.77. The largest absolute Gasteiger partial charge is 0.457 e. The second kappa shape index (κ2) is 6.56. The van der Waals surface area contributed by atoms with Crippen LogP contribution in [0.4, 0.5) is 4.79 Å². The highest BCUT2D eigenvalue weighted by Crippen LogP contribution is 2.42. The van der Waals surface area contributed by atoms with E-state index in [4.69, 9.17) is 9.47 Å². The van der Waals surface area contributed by atoms with Crippen LogP contribution >= 0.6 is 0 Å². The van der Waals surface area contributed by atoms with E-state index >= 15 is 0 Å². The van der Waals surface area contributed by atoms with Gasteiger partial charge in [0.25, 0.3) is 0 Å². The Bertz CT molecular complexity index is 692. The molecular formula is C20H21NO3. The molecule has 1 saturated carbocycles. The van der Waals surface area contributed by atoms with Gasteiger partial charge in [-0.15, -0.1) is 0 Å². The van der Waals surface area contributed by atoms with Crippen molar-refractivity contribution in [2.75, 3.05) is 0 Å². The predicted molar refractivity (Wildman–Crippen MR) is 91.3 cm³/mol. The van der Waals surface area contributed by atoms with Gasteiger partial charge in [0.05, 0.1) is 6.04 Å². The van der Waals surface area contributed by atoms with Crippen LogP contribution in [0.2, 0.25) is 0 Å². The summed E-state index contributed by atoms with van der Waals surface area (Å²) in [5.41, 5.74) is 1.91. The van der Waals surface area contributed by atoms with Gasteiger partial charge in [0, 0.05) is 11.1 Å². The molecule has 2 aromatic rings. The van der Waals surface area contributed by atoms with Crippen molar-refractivity contribution >= 4 is 6.09 Å². The smallest absolute Gasteiger partial charge is 0.408 e. The lowest BCUT2D eigenvalue weighted by atomic mass is 9.95. The van der Waals surface area contributed by atoms with Crippen LogP contribution in [0.5, 0.6) is 11.5 Å². The minimum Gasteiger partial charge on any atom is -0.457 e. The maximum Gasteiger partial charge on any atom is 0.408 e. The summed E-state index contributed by atoms with van der Waals surface area (Å²) in [6.07, 6.45) is 5.15. The highest BCUT2D eigenvalue weighted by Gasteiger charge is 2.29. The average Bonchev–Trinajstić information content (AvgIpc) is 2.62. The summed E-state index contributed by atoms with van der Waals surface area (Å²) in [5, 5.41) is 3.04. The molecule has 2 aliphatic rings. The first-order chi connectivity index (χ1) is 11.8. The fourth-order valence-electron chi connectivity index (χ4n) is 3.55. The van der Waals surface area contributed by atoms with E-state index in [1.807, 2.05) is 48.5 Å². The van der Waals surface area contributed by atoms with E-state index in [9.17, 15) is 4.79 Å². The van der Waals surface area contributed by atoms with Gasteiger partial charge in [-0.25, -0.2) is 4.79 Å². The van der Waals surface area contributed by atoms with Crippen LogP contribution in [-0.4, -0.2) is 12.2 Å². The van der Waals surface area contributed by atoms with Gasteiger partial charge in [-0.05, 0) is 37.8 Å². The lowest BCUT2D eigenvalue weighted by Gasteiger charge is -2.29. The molecule has 0 saturated heterocycles. The van der Waals surface area contributed by atoms with Gasteiger partial charge in [0.1, 0.15) is 17.6 Å². The van der Waals surface area contributed by atoms with Crippen LogP contribution in [0, 0.1) is 0 Å². The number of rotatable bonds is 2. The number of benzene rings is 2. The summed E-state index contributed by atoms with van der Waals surface area (Å²) >= 11 is 0. The van der Waals surface area contributed by atoms with Gasteiger partial charge in [0.15, 0.2) is 0 Å². The molecule has 0 atom stereocenters. The third-order valence-electron chi connectivity index (χ3n) is 4.77. The van der Waals surface area contributed by atoms with E-state index in [1.54, 1.807) is 0 Å². The Kier molecular flexibility index (Phi) is 4.11. The first-order valence-electron chi connectivity index (χ1n) is 8.64. The standard InChI is InChI=1S/C20H21NO3/c22-20(23-14-8-2-1-3-9-14)21-19-15-10-4-6-12-17(15)24-18-13-7-5-11-16(18)19/h4-7,10-14,19H,1-3,8-9H2,(H,21,22). The predicted octanol–water partition coefficient (Wildman–Crippen LogP) is 4.94. The number of alkyl carbamates (subject to hydrolysis) is 1. The normalized spacial score (nSPS) is 17.3. The second-order valence-electron chi connectivity index (χ2n) is 6.42. The Morgan fingerprint density at radius 1 is 0.917 bits per heavy atom. The summed E-state index contributed by atoms with van der Waals surface area (Å²) in [7, 11) is 0. The molecule has 0 aromatic heterocycles. The lowest BCUT2D eigenvalue weighted by molar-refractivity contribution is 0.0735. The molecule has 1 aliphatic carbocycles. The molecule has 0 spiro atoms.